The van der Waals surface area contributed by atoms with Crippen molar-refractivity contribution in [2.75, 3.05) is 23.5 Å². The van der Waals surface area contributed by atoms with E-state index < -0.39 is 23.7 Å². The van der Waals surface area contributed by atoms with E-state index in [2.05, 4.69) is 30.5 Å². The number of aromatic hydroxyl groups is 1. The third-order valence-corrected chi connectivity index (χ3v) is 5.35. The number of non-ortho nitro benzene ring substituents is 1. The van der Waals surface area contributed by atoms with Gasteiger partial charge < -0.3 is 14.7 Å². The van der Waals surface area contributed by atoms with Crippen LogP contribution >= 0.6 is 0 Å². The molecule has 0 aliphatic carbocycles. The van der Waals surface area contributed by atoms with E-state index in [4.69, 9.17) is 4.74 Å². The van der Waals surface area contributed by atoms with E-state index in [1.807, 2.05) is 17.0 Å². The van der Waals surface area contributed by atoms with Crippen molar-refractivity contribution in [2.45, 2.75) is 31.5 Å². The van der Waals surface area contributed by atoms with Crippen LogP contribution in [-0.4, -0.2) is 55.5 Å². The first kappa shape index (κ1) is 25.5. The van der Waals surface area contributed by atoms with Gasteiger partial charge in [-0.2, -0.15) is 33.2 Å². The highest BCUT2D eigenvalue weighted by Crippen LogP contribution is 2.33. The Labute approximate surface area is 208 Å². The Morgan fingerprint density at radius 2 is 2.08 bits per heavy atom. The van der Waals surface area contributed by atoms with E-state index in [1.54, 1.807) is 12.3 Å². The quantitative estimate of drug-likeness (QED) is 0.254. The van der Waals surface area contributed by atoms with Crippen molar-refractivity contribution < 1.29 is 27.9 Å². The number of nitro groups is 1. The van der Waals surface area contributed by atoms with Crippen LogP contribution < -0.4 is 15.1 Å². The van der Waals surface area contributed by atoms with E-state index in [0.717, 1.165) is 49.4 Å². The second-order valence-corrected chi connectivity index (χ2v) is 7.98. The van der Waals surface area contributed by atoms with Crippen molar-refractivity contribution in [3.8, 4) is 11.8 Å². The van der Waals surface area contributed by atoms with Gasteiger partial charge in [0, 0.05) is 30.4 Å². The molecule has 0 radical (unpaired) electrons. The molecule has 1 aromatic carbocycles. The lowest BCUT2D eigenvalue weighted by molar-refractivity contribution is -0.384. The molecule has 1 atom stereocenters. The monoisotopic (exact) mass is 518 g/mol. The van der Waals surface area contributed by atoms with Crippen LogP contribution in [0.2, 0.25) is 0 Å². The predicted octanol–water partition coefficient (Wildman–Crippen LogP) is 4.00. The zero-order valence-electron chi connectivity index (χ0n) is 19.2. The molecule has 0 saturated carbocycles. The van der Waals surface area contributed by atoms with Gasteiger partial charge >= 0.3 is 12.2 Å². The number of hydrogen-bond donors (Lipinski definition) is 2. The lowest BCUT2D eigenvalue weighted by Crippen LogP contribution is -2.35. The van der Waals surface area contributed by atoms with Crippen molar-refractivity contribution in [1.82, 2.24) is 19.9 Å². The molecule has 12 nitrogen and oxygen atoms in total. The number of ether oxygens (including phenoxy) is 1. The normalized spacial score (nSPS) is 16.1. The summed E-state index contributed by atoms with van der Waals surface area (Å²) in [5, 5.41) is 24.8. The minimum absolute atomic E-state index is 0.0239. The number of aromatic nitrogens is 4. The molecule has 15 heteroatoms. The van der Waals surface area contributed by atoms with E-state index in [1.165, 1.54) is 0 Å². The number of nitrogens with zero attached hydrogens (tertiary/aromatic N) is 7. The number of pyridine rings is 1. The summed E-state index contributed by atoms with van der Waals surface area (Å²) < 4.78 is 43.1. The second kappa shape index (κ2) is 11.0. The molecular weight excluding hydrogens is 497 g/mol. The van der Waals surface area contributed by atoms with Crippen LogP contribution in [0.15, 0.2) is 47.7 Å². The highest BCUT2D eigenvalue weighted by molar-refractivity contribution is 5.84. The topological polar surface area (TPSA) is 152 Å². The Balaban J connectivity index is 1.63. The smallest absolute Gasteiger partial charge is 0.422 e. The summed E-state index contributed by atoms with van der Waals surface area (Å²) in [5.41, 5.74) is 2.98. The third kappa shape index (κ3) is 6.77. The van der Waals surface area contributed by atoms with Gasteiger partial charge in [0.15, 0.2) is 6.61 Å². The van der Waals surface area contributed by atoms with Gasteiger partial charge in [-0.1, -0.05) is 6.07 Å². The number of hydrazone groups is 1. The molecule has 0 unspecified atom stereocenters. The zero-order chi connectivity index (χ0) is 26.4. The predicted molar refractivity (Wildman–Crippen MR) is 126 cm³/mol. The van der Waals surface area contributed by atoms with Crippen molar-refractivity contribution >= 4 is 23.8 Å². The average molecular weight is 518 g/mol. The SMILES string of the molecule is O=[N+]([O-])c1ccc(O)c(/C=N\Nc2nc(OCC(F)(F)F)nc(N3CCCC[C@H]3c3ccccn3)n2)c1. The number of alkyl halides is 3. The number of nitrogens with one attached hydrogen (secondary N) is 1. The van der Waals surface area contributed by atoms with Crippen LogP contribution in [0.1, 0.15) is 36.6 Å². The summed E-state index contributed by atoms with van der Waals surface area (Å²) in [5.74, 6) is -0.430. The van der Waals surface area contributed by atoms with Crippen LogP contribution in [0.25, 0.3) is 0 Å². The van der Waals surface area contributed by atoms with Crippen LogP contribution in [0.3, 0.4) is 0 Å². The molecule has 2 N–H and O–H groups in total. The van der Waals surface area contributed by atoms with E-state index >= 15 is 0 Å². The van der Waals surface area contributed by atoms with Crippen molar-refractivity contribution in [2.24, 2.45) is 5.10 Å². The first-order valence-electron chi connectivity index (χ1n) is 11.1. The zero-order valence-corrected chi connectivity index (χ0v) is 19.2. The second-order valence-electron chi connectivity index (χ2n) is 7.98. The highest BCUT2D eigenvalue weighted by atomic mass is 19.4. The molecule has 0 amide bonds. The van der Waals surface area contributed by atoms with Gasteiger partial charge in [-0.25, -0.2) is 5.43 Å². The average Bonchev–Trinajstić information content (AvgIpc) is 2.88. The maximum Gasteiger partial charge on any atom is 0.422 e. The number of rotatable bonds is 8. The maximum absolute atomic E-state index is 12.8. The molecule has 4 rings (SSSR count). The molecule has 1 fully saturated rings. The molecule has 1 aliphatic rings. The minimum Gasteiger partial charge on any atom is -0.507 e. The molecule has 2 aromatic heterocycles. The fraction of sp³-hybridized carbons (Fsp3) is 0.318. The molecule has 3 heterocycles. The van der Waals surface area contributed by atoms with Gasteiger partial charge in [-0.15, -0.1) is 0 Å². The number of benzene rings is 1. The number of halogens is 3. The first-order chi connectivity index (χ1) is 17.7. The highest BCUT2D eigenvalue weighted by Gasteiger charge is 2.31. The summed E-state index contributed by atoms with van der Waals surface area (Å²) in [6.45, 7) is -1.08. The summed E-state index contributed by atoms with van der Waals surface area (Å²) in [7, 11) is 0. The van der Waals surface area contributed by atoms with Crippen LogP contribution in [0, 0.1) is 10.1 Å². The van der Waals surface area contributed by atoms with Crippen LogP contribution in [-0.2, 0) is 0 Å². The number of piperidine rings is 1. The lowest BCUT2D eigenvalue weighted by atomic mass is 9.99. The fourth-order valence-corrected chi connectivity index (χ4v) is 3.71. The Hall–Kier alpha value is -4.56. The summed E-state index contributed by atoms with van der Waals surface area (Å²) >= 11 is 0. The van der Waals surface area contributed by atoms with Crippen molar-refractivity contribution in [3.63, 3.8) is 0 Å². The van der Waals surface area contributed by atoms with Gasteiger partial charge in [0.2, 0.25) is 5.95 Å². The Morgan fingerprint density at radius 3 is 2.81 bits per heavy atom. The van der Waals surface area contributed by atoms with Gasteiger partial charge in [-0.3, -0.25) is 15.1 Å². The van der Waals surface area contributed by atoms with Crippen LogP contribution in [0.5, 0.6) is 11.8 Å². The lowest BCUT2D eigenvalue weighted by Gasteiger charge is -2.35. The Kier molecular flexibility index (Phi) is 7.60. The first-order valence-corrected chi connectivity index (χ1v) is 11.1. The van der Waals surface area contributed by atoms with Gasteiger partial charge in [0.25, 0.3) is 11.6 Å². The fourth-order valence-electron chi connectivity index (χ4n) is 3.71. The Morgan fingerprint density at radius 1 is 1.24 bits per heavy atom. The number of phenolic OH excluding ortho intramolecular Hbond substituents is 1. The summed E-state index contributed by atoms with van der Waals surface area (Å²) in [6.07, 6.45) is 0.579. The van der Waals surface area contributed by atoms with E-state index in [0.29, 0.717) is 6.54 Å². The molecule has 1 saturated heterocycles. The molecule has 0 bridgehead atoms. The third-order valence-electron chi connectivity index (χ3n) is 5.35. The number of hydrogen-bond acceptors (Lipinski definition) is 11. The van der Waals surface area contributed by atoms with E-state index in [9.17, 15) is 28.4 Å². The molecular formula is C22H21F3N8O4. The molecule has 3 aromatic rings. The summed E-state index contributed by atoms with van der Waals surface area (Å²) in [4.78, 5) is 28.8. The number of phenols is 1. The van der Waals surface area contributed by atoms with E-state index in [-0.39, 0.29) is 34.9 Å². The minimum atomic E-state index is -4.61. The number of nitro benzene ring substituents is 1. The van der Waals surface area contributed by atoms with Crippen molar-refractivity contribution in [1.29, 1.82) is 0 Å². The summed E-state index contributed by atoms with van der Waals surface area (Å²) in [6, 6.07) is 8.04. The van der Waals surface area contributed by atoms with Crippen LogP contribution in [0.4, 0.5) is 30.8 Å². The molecule has 37 heavy (non-hydrogen) atoms. The number of anilines is 2. The standard InChI is InChI=1S/C22H21F3N8O4/c23-22(24,25)13-37-21-29-19(31-27-12-14-11-15(33(35)36)7-8-18(14)34)28-20(30-21)32-10-4-2-6-17(32)16-5-1-3-9-26-16/h1,3,5,7-9,11-12,17,34H,2,4,6,10,13H2,(H,28,29,30,31)/b27-12-/t17-/m0/s1. The largest absolute Gasteiger partial charge is 0.507 e. The molecule has 194 valence electrons. The Bertz CT molecular complexity index is 1280. The molecule has 0 spiro atoms. The maximum atomic E-state index is 12.8. The van der Waals surface area contributed by atoms with Gasteiger partial charge in [0.05, 0.1) is 22.9 Å². The van der Waals surface area contributed by atoms with Gasteiger partial charge in [0.1, 0.15) is 5.75 Å². The van der Waals surface area contributed by atoms with Crippen molar-refractivity contribution in [3.05, 3.63) is 64.0 Å². The van der Waals surface area contributed by atoms with Gasteiger partial charge in [-0.05, 0) is 37.5 Å². The molecule has 1 aliphatic heterocycles.